The van der Waals surface area contributed by atoms with Crippen LogP contribution in [0.5, 0.6) is 0 Å². The van der Waals surface area contributed by atoms with Crippen LogP contribution in [0.15, 0.2) is 60.1 Å². The Kier molecular flexibility index (Phi) is 4.45. The van der Waals surface area contributed by atoms with Gasteiger partial charge in [-0.2, -0.15) is 0 Å². The number of halogens is 1. The minimum absolute atomic E-state index is 0.0886. The van der Waals surface area contributed by atoms with E-state index in [1.54, 1.807) is 42.9 Å². The monoisotopic (exact) mass is 272 g/mol. The normalized spacial score (nSPS) is 18.6. The maximum atomic E-state index is 13.2. The van der Waals surface area contributed by atoms with Gasteiger partial charge in [-0.1, -0.05) is 12.2 Å². The lowest BCUT2D eigenvalue weighted by Gasteiger charge is -2.15. The van der Waals surface area contributed by atoms with Gasteiger partial charge in [0.15, 0.2) is 5.78 Å². The summed E-state index contributed by atoms with van der Waals surface area (Å²) >= 11 is 0. The zero-order valence-electron chi connectivity index (χ0n) is 11.6. The van der Waals surface area contributed by atoms with Gasteiger partial charge in [-0.15, -0.1) is 0 Å². The Morgan fingerprint density at radius 3 is 2.65 bits per heavy atom. The second-order valence-electron chi connectivity index (χ2n) is 4.84. The number of Topliss-reactive ketones (excluding diaryl/α,β-unsaturated/α-hetero) is 1. The van der Waals surface area contributed by atoms with Crippen molar-refractivity contribution in [3.8, 4) is 0 Å². The van der Waals surface area contributed by atoms with Gasteiger partial charge in [0.2, 0.25) is 0 Å². The molecule has 1 aliphatic carbocycles. The Bertz CT molecular complexity index is 573. The molecule has 4 heteroatoms. The molecule has 0 fully saturated rings. The minimum atomic E-state index is -0.963. The molecule has 0 saturated carbocycles. The molecule has 1 aromatic rings. The molecule has 0 N–H and O–H groups in total. The average Bonchev–Trinajstić information content (AvgIpc) is 2.46. The Balaban J connectivity index is 2.35. The van der Waals surface area contributed by atoms with Crippen molar-refractivity contribution in [3.63, 3.8) is 0 Å². The first kappa shape index (κ1) is 14.2. The third-order valence-electron chi connectivity index (χ3n) is 2.93. The zero-order chi connectivity index (χ0) is 14.5. The third-order valence-corrected chi connectivity index (χ3v) is 2.93. The van der Waals surface area contributed by atoms with Crippen molar-refractivity contribution in [2.75, 3.05) is 14.1 Å². The molecule has 0 aliphatic heterocycles. The number of nitrogens with zero attached hydrogens (tertiary/aromatic N) is 2. The number of rotatable bonds is 4. The SMILES string of the molecule is CN(C)/C=C(/C(=O)c1ccncc1)C1=CC[C@@H](F)C=C1. The molecule has 0 spiro atoms. The number of carbonyl (C=O) groups excluding carboxylic acids is 1. The van der Waals surface area contributed by atoms with Crippen LogP contribution in [-0.2, 0) is 0 Å². The summed E-state index contributed by atoms with van der Waals surface area (Å²) in [7, 11) is 3.70. The van der Waals surface area contributed by atoms with Crippen LogP contribution in [-0.4, -0.2) is 35.9 Å². The maximum Gasteiger partial charge on any atom is 0.195 e. The topological polar surface area (TPSA) is 33.2 Å². The van der Waals surface area contributed by atoms with Crippen LogP contribution in [0.1, 0.15) is 16.8 Å². The standard InChI is InChI=1S/C16H17FN2O/c1-19(2)11-15(12-3-5-14(17)6-4-12)16(20)13-7-9-18-10-8-13/h3-5,7-11,14H,6H2,1-2H3/b15-11+/t14-/m0/s1. The second-order valence-corrected chi connectivity index (χ2v) is 4.84. The summed E-state index contributed by atoms with van der Waals surface area (Å²) < 4.78 is 13.2. The Hall–Kier alpha value is -2.23. The lowest BCUT2D eigenvalue weighted by Crippen LogP contribution is -2.13. The van der Waals surface area contributed by atoms with E-state index >= 15 is 0 Å². The Morgan fingerprint density at radius 1 is 1.40 bits per heavy atom. The molecule has 0 aromatic carbocycles. The highest BCUT2D eigenvalue weighted by Gasteiger charge is 2.18. The van der Waals surface area contributed by atoms with Gasteiger partial charge in [-0.3, -0.25) is 9.78 Å². The smallest absolute Gasteiger partial charge is 0.195 e. The molecule has 1 aromatic heterocycles. The van der Waals surface area contributed by atoms with Crippen molar-refractivity contribution in [2.24, 2.45) is 0 Å². The van der Waals surface area contributed by atoms with E-state index in [1.165, 1.54) is 6.08 Å². The summed E-state index contributed by atoms with van der Waals surface area (Å²) in [5.74, 6) is -0.0886. The Labute approximate surface area is 118 Å². The first-order valence-electron chi connectivity index (χ1n) is 6.43. The summed E-state index contributed by atoms with van der Waals surface area (Å²) in [6.45, 7) is 0. The number of ketones is 1. The lowest BCUT2D eigenvalue weighted by atomic mass is 9.93. The molecule has 0 amide bonds. The van der Waals surface area contributed by atoms with Gasteiger partial charge >= 0.3 is 0 Å². The molecule has 0 unspecified atom stereocenters. The lowest BCUT2D eigenvalue weighted by molar-refractivity contribution is 0.103. The summed E-state index contributed by atoms with van der Waals surface area (Å²) in [4.78, 5) is 18.3. The molecule has 1 aliphatic rings. The molecular weight excluding hydrogens is 255 g/mol. The summed E-state index contributed by atoms with van der Waals surface area (Å²) in [5, 5.41) is 0. The van der Waals surface area contributed by atoms with E-state index in [1.807, 2.05) is 19.0 Å². The van der Waals surface area contributed by atoms with Gasteiger partial charge in [0.1, 0.15) is 6.17 Å². The van der Waals surface area contributed by atoms with Gasteiger partial charge in [0, 0.05) is 50.2 Å². The van der Waals surface area contributed by atoms with Crippen molar-refractivity contribution in [3.05, 3.63) is 65.7 Å². The van der Waals surface area contributed by atoms with Crippen molar-refractivity contribution >= 4 is 5.78 Å². The zero-order valence-corrected chi connectivity index (χ0v) is 11.6. The van der Waals surface area contributed by atoms with E-state index < -0.39 is 6.17 Å². The quantitative estimate of drug-likeness (QED) is 0.624. The molecule has 3 nitrogen and oxygen atoms in total. The molecule has 0 radical (unpaired) electrons. The number of alkyl halides is 1. The molecule has 1 heterocycles. The molecule has 2 rings (SSSR count). The fourth-order valence-corrected chi connectivity index (χ4v) is 1.98. The van der Waals surface area contributed by atoms with Crippen LogP contribution in [0.2, 0.25) is 0 Å². The fourth-order valence-electron chi connectivity index (χ4n) is 1.98. The summed E-state index contributed by atoms with van der Waals surface area (Å²) in [6.07, 6.45) is 9.19. The van der Waals surface area contributed by atoms with Crippen LogP contribution in [0.3, 0.4) is 0 Å². The number of pyridine rings is 1. The minimum Gasteiger partial charge on any atom is -0.383 e. The van der Waals surface area contributed by atoms with Crippen molar-refractivity contribution < 1.29 is 9.18 Å². The summed E-state index contributed by atoms with van der Waals surface area (Å²) in [6, 6.07) is 3.35. The largest absolute Gasteiger partial charge is 0.383 e. The van der Waals surface area contributed by atoms with Gasteiger partial charge in [0.05, 0.1) is 0 Å². The molecule has 20 heavy (non-hydrogen) atoms. The van der Waals surface area contributed by atoms with E-state index in [9.17, 15) is 9.18 Å². The van der Waals surface area contributed by atoms with Crippen LogP contribution in [0.25, 0.3) is 0 Å². The van der Waals surface area contributed by atoms with E-state index in [2.05, 4.69) is 4.98 Å². The van der Waals surface area contributed by atoms with Crippen LogP contribution in [0.4, 0.5) is 4.39 Å². The summed E-state index contributed by atoms with van der Waals surface area (Å²) in [5.41, 5.74) is 1.89. The van der Waals surface area contributed by atoms with Gasteiger partial charge in [-0.05, 0) is 23.8 Å². The predicted molar refractivity (Wildman–Crippen MR) is 77.1 cm³/mol. The average molecular weight is 272 g/mol. The fraction of sp³-hybridized carbons (Fsp3) is 0.250. The number of allylic oxidation sites excluding steroid dienone is 5. The number of hydrogen-bond acceptors (Lipinski definition) is 3. The van der Waals surface area contributed by atoms with Crippen LogP contribution >= 0.6 is 0 Å². The first-order valence-corrected chi connectivity index (χ1v) is 6.43. The number of hydrogen-bond donors (Lipinski definition) is 0. The predicted octanol–water partition coefficient (Wildman–Crippen LogP) is 2.93. The maximum absolute atomic E-state index is 13.2. The highest BCUT2D eigenvalue weighted by atomic mass is 19.1. The molecule has 1 atom stereocenters. The Morgan fingerprint density at radius 2 is 2.10 bits per heavy atom. The van der Waals surface area contributed by atoms with Crippen molar-refractivity contribution in [1.82, 2.24) is 9.88 Å². The molecular formula is C16H17FN2O. The van der Waals surface area contributed by atoms with Crippen LogP contribution < -0.4 is 0 Å². The van der Waals surface area contributed by atoms with E-state index in [0.717, 1.165) is 5.57 Å². The highest BCUT2D eigenvalue weighted by molar-refractivity contribution is 6.11. The van der Waals surface area contributed by atoms with Crippen molar-refractivity contribution in [2.45, 2.75) is 12.6 Å². The van der Waals surface area contributed by atoms with E-state index in [0.29, 0.717) is 17.6 Å². The number of carbonyl (C=O) groups is 1. The third kappa shape index (κ3) is 3.41. The second kappa shape index (κ2) is 6.28. The molecule has 0 bridgehead atoms. The van der Waals surface area contributed by atoms with Gasteiger partial charge < -0.3 is 4.90 Å². The van der Waals surface area contributed by atoms with Gasteiger partial charge in [-0.25, -0.2) is 4.39 Å². The number of aromatic nitrogens is 1. The first-order chi connectivity index (χ1) is 9.58. The highest BCUT2D eigenvalue weighted by Crippen LogP contribution is 2.23. The van der Waals surface area contributed by atoms with Crippen molar-refractivity contribution in [1.29, 1.82) is 0 Å². The van der Waals surface area contributed by atoms with Crippen LogP contribution in [0, 0.1) is 0 Å². The van der Waals surface area contributed by atoms with E-state index in [4.69, 9.17) is 0 Å². The van der Waals surface area contributed by atoms with Gasteiger partial charge in [0.25, 0.3) is 0 Å². The van der Waals surface area contributed by atoms with E-state index in [-0.39, 0.29) is 5.78 Å². The molecule has 0 saturated heterocycles. The molecule has 104 valence electrons.